The van der Waals surface area contributed by atoms with Crippen molar-refractivity contribution in [1.82, 2.24) is 0 Å². The Balaban J connectivity index is 1.64. The van der Waals surface area contributed by atoms with Gasteiger partial charge in [0.1, 0.15) is 23.9 Å². The minimum Gasteiger partial charge on any atom is -0.462 e. The van der Waals surface area contributed by atoms with Crippen LogP contribution in [0.1, 0.15) is 113 Å². The highest BCUT2D eigenvalue weighted by Gasteiger charge is 2.70. The van der Waals surface area contributed by atoms with Crippen LogP contribution in [0.25, 0.3) is 0 Å². The number of carbonyl (C=O) groups is 3. The summed E-state index contributed by atoms with van der Waals surface area (Å²) in [7, 11) is 0. The van der Waals surface area contributed by atoms with Crippen molar-refractivity contribution in [2.75, 3.05) is 6.61 Å². The third-order valence-electron chi connectivity index (χ3n) is 12.1. The summed E-state index contributed by atoms with van der Waals surface area (Å²) in [5.74, 6) is -0.307. The molecule has 0 unspecified atom stereocenters. The van der Waals surface area contributed by atoms with E-state index in [0.717, 1.165) is 25.7 Å². The Hall–Kier alpha value is -1.71. The van der Waals surface area contributed by atoms with E-state index in [1.165, 1.54) is 20.8 Å². The molecular weight excluding hydrogens is 540 g/mol. The fourth-order valence-corrected chi connectivity index (χ4v) is 10.3. The third-order valence-corrected chi connectivity index (χ3v) is 12.1. The van der Waals surface area contributed by atoms with Crippen LogP contribution in [0.4, 0.5) is 0 Å². The van der Waals surface area contributed by atoms with Crippen LogP contribution in [0.15, 0.2) is 0 Å². The molecule has 4 aliphatic carbocycles. The average Bonchev–Trinajstić information content (AvgIpc) is 3.22. The van der Waals surface area contributed by atoms with Gasteiger partial charge in [-0.3, -0.25) is 14.4 Å². The zero-order chi connectivity index (χ0) is 31.3. The van der Waals surface area contributed by atoms with Gasteiger partial charge in [-0.05, 0) is 107 Å². The minimum absolute atomic E-state index is 0.0455. The first-order valence-electron chi connectivity index (χ1n) is 16.0. The Labute approximate surface area is 251 Å². The summed E-state index contributed by atoms with van der Waals surface area (Å²) in [5, 5.41) is 33.8. The summed E-state index contributed by atoms with van der Waals surface area (Å²) in [6, 6.07) is 0. The molecule has 0 spiro atoms. The topological polar surface area (TPSA) is 140 Å². The molecule has 0 aliphatic heterocycles. The molecule has 9 heteroatoms. The number of aliphatic hydroxyl groups is 3. The molecule has 4 rings (SSSR count). The summed E-state index contributed by atoms with van der Waals surface area (Å²) in [4.78, 5) is 36.2. The van der Waals surface area contributed by atoms with Crippen molar-refractivity contribution < 1.29 is 43.9 Å². The number of fused-ring (bicyclic) bond motifs is 5. The van der Waals surface area contributed by atoms with Crippen LogP contribution in [0.5, 0.6) is 0 Å². The number of hydrogen-bond acceptors (Lipinski definition) is 9. The van der Waals surface area contributed by atoms with Crippen LogP contribution in [-0.2, 0) is 28.6 Å². The number of aliphatic hydroxyl groups excluding tert-OH is 1. The molecule has 42 heavy (non-hydrogen) atoms. The standard InChI is InChI=1S/C33H54O9/c1-19(28(41-21(3)36)12-13-30(5,6)38)25-8-9-26-24-16-29(42-22(4)37)33(39)17-23(40-20(2)35)10-15-32(33,18-34)27(24)11-14-31(25,26)7/h19,23-29,34,38-39H,8-18H2,1-7H3/t19-,23+,24-,25+,26-,27-,28-,29+,31+,32-,33-/m0/s1. The number of esters is 3. The Morgan fingerprint density at radius 3 is 2.19 bits per heavy atom. The molecule has 11 atom stereocenters. The van der Waals surface area contributed by atoms with Crippen molar-refractivity contribution in [3.8, 4) is 0 Å². The van der Waals surface area contributed by atoms with Gasteiger partial charge in [0, 0.05) is 32.6 Å². The van der Waals surface area contributed by atoms with Crippen LogP contribution >= 0.6 is 0 Å². The summed E-state index contributed by atoms with van der Waals surface area (Å²) >= 11 is 0. The normalized spacial score (nSPS) is 41.0. The van der Waals surface area contributed by atoms with Gasteiger partial charge in [0.25, 0.3) is 0 Å². The summed E-state index contributed by atoms with van der Waals surface area (Å²) in [6.45, 7) is 12.0. The van der Waals surface area contributed by atoms with E-state index in [2.05, 4.69) is 13.8 Å². The molecular formula is C33H54O9. The lowest BCUT2D eigenvalue weighted by Crippen LogP contribution is -2.71. The van der Waals surface area contributed by atoms with E-state index in [-0.39, 0.29) is 48.3 Å². The molecule has 0 aromatic heterocycles. The Morgan fingerprint density at radius 1 is 0.952 bits per heavy atom. The number of rotatable bonds is 9. The molecule has 0 bridgehead atoms. The Bertz CT molecular complexity index is 1020. The second kappa shape index (κ2) is 12.0. The first kappa shape index (κ1) is 33.2. The maximum absolute atomic E-state index is 12.4. The van der Waals surface area contributed by atoms with Crippen molar-refractivity contribution in [2.24, 2.45) is 40.4 Å². The van der Waals surface area contributed by atoms with Gasteiger partial charge >= 0.3 is 17.9 Å². The maximum atomic E-state index is 12.4. The molecule has 0 heterocycles. The predicted molar refractivity (Wildman–Crippen MR) is 155 cm³/mol. The van der Waals surface area contributed by atoms with E-state index < -0.39 is 40.8 Å². The van der Waals surface area contributed by atoms with E-state index >= 15 is 0 Å². The van der Waals surface area contributed by atoms with Crippen LogP contribution in [0.3, 0.4) is 0 Å². The summed E-state index contributed by atoms with van der Waals surface area (Å²) < 4.78 is 17.3. The van der Waals surface area contributed by atoms with E-state index in [1.807, 2.05) is 0 Å². The van der Waals surface area contributed by atoms with Crippen LogP contribution < -0.4 is 0 Å². The molecule has 240 valence electrons. The second-order valence-electron chi connectivity index (χ2n) is 15.0. The van der Waals surface area contributed by atoms with Crippen molar-refractivity contribution in [3.05, 3.63) is 0 Å². The SMILES string of the molecule is CC(=O)O[C@@H]1CC[C@]2(CO)[C@H]3CC[C@]4(C)[C@@H]([C@H](C)[C@H](CCC(C)(C)O)OC(C)=O)CC[C@H]4[C@@H]3C[C@@H](OC(C)=O)[C@@]2(O)C1. The van der Waals surface area contributed by atoms with Gasteiger partial charge in [0.15, 0.2) is 0 Å². The number of carbonyl (C=O) groups excluding carboxylic acids is 3. The van der Waals surface area contributed by atoms with Crippen LogP contribution in [0, 0.1) is 40.4 Å². The van der Waals surface area contributed by atoms with Crippen molar-refractivity contribution in [1.29, 1.82) is 0 Å². The maximum Gasteiger partial charge on any atom is 0.303 e. The highest BCUT2D eigenvalue weighted by Crippen LogP contribution is 2.69. The van der Waals surface area contributed by atoms with E-state index in [4.69, 9.17) is 14.2 Å². The third kappa shape index (κ3) is 5.99. The monoisotopic (exact) mass is 594 g/mol. The minimum atomic E-state index is -1.50. The first-order valence-corrected chi connectivity index (χ1v) is 16.0. The van der Waals surface area contributed by atoms with Gasteiger partial charge < -0.3 is 29.5 Å². The zero-order valence-corrected chi connectivity index (χ0v) is 26.7. The summed E-state index contributed by atoms with van der Waals surface area (Å²) in [6.07, 6.45) is 4.93. The van der Waals surface area contributed by atoms with Gasteiger partial charge in [0.2, 0.25) is 0 Å². The predicted octanol–water partition coefficient (Wildman–Crippen LogP) is 4.32. The Morgan fingerprint density at radius 2 is 1.62 bits per heavy atom. The second-order valence-corrected chi connectivity index (χ2v) is 15.0. The fourth-order valence-electron chi connectivity index (χ4n) is 10.3. The molecule has 4 fully saturated rings. The molecule has 0 radical (unpaired) electrons. The summed E-state index contributed by atoms with van der Waals surface area (Å²) in [5.41, 5.74) is -3.25. The fraction of sp³-hybridized carbons (Fsp3) is 0.909. The van der Waals surface area contributed by atoms with Crippen molar-refractivity contribution in [2.45, 2.75) is 142 Å². The lowest BCUT2D eigenvalue weighted by molar-refractivity contribution is -0.285. The average molecular weight is 595 g/mol. The molecule has 9 nitrogen and oxygen atoms in total. The van der Waals surface area contributed by atoms with Crippen LogP contribution in [-0.4, -0.2) is 69.3 Å². The van der Waals surface area contributed by atoms with E-state index in [1.54, 1.807) is 13.8 Å². The molecule has 0 saturated heterocycles. The largest absolute Gasteiger partial charge is 0.462 e. The highest BCUT2D eigenvalue weighted by molar-refractivity contribution is 5.67. The molecule has 3 N–H and O–H groups in total. The van der Waals surface area contributed by atoms with Gasteiger partial charge in [-0.25, -0.2) is 0 Å². The molecule has 4 aliphatic rings. The first-order chi connectivity index (χ1) is 19.5. The van der Waals surface area contributed by atoms with Gasteiger partial charge in [-0.2, -0.15) is 0 Å². The highest BCUT2D eigenvalue weighted by atomic mass is 16.6. The molecule has 0 amide bonds. The number of hydrogen-bond donors (Lipinski definition) is 3. The molecule has 0 aromatic carbocycles. The Kier molecular flexibility index (Phi) is 9.48. The van der Waals surface area contributed by atoms with Gasteiger partial charge in [-0.15, -0.1) is 0 Å². The van der Waals surface area contributed by atoms with E-state index in [9.17, 15) is 29.7 Å². The lowest BCUT2D eigenvalue weighted by atomic mass is 9.42. The van der Waals surface area contributed by atoms with E-state index in [0.29, 0.717) is 43.9 Å². The number of ether oxygens (including phenoxy) is 3. The zero-order valence-electron chi connectivity index (χ0n) is 26.7. The molecule has 0 aromatic rings. The van der Waals surface area contributed by atoms with Gasteiger partial charge in [0.05, 0.1) is 12.2 Å². The smallest absolute Gasteiger partial charge is 0.303 e. The van der Waals surface area contributed by atoms with Gasteiger partial charge in [-0.1, -0.05) is 13.8 Å². The quantitative estimate of drug-likeness (QED) is 0.263. The van der Waals surface area contributed by atoms with Crippen LogP contribution in [0.2, 0.25) is 0 Å². The van der Waals surface area contributed by atoms with Crippen molar-refractivity contribution in [3.63, 3.8) is 0 Å². The van der Waals surface area contributed by atoms with Crippen molar-refractivity contribution >= 4 is 17.9 Å². The lowest BCUT2D eigenvalue weighted by Gasteiger charge is -2.66. The molecule has 4 saturated carbocycles.